The van der Waals surface area contributed by atoms with Crippen molar-refractivity contribution < 1.29 is 8.42 Å². The number of fused-ring (bicyclic) bond motifs is 1. The molecule has 0 spiro atoms. The summed E-state index contributed by atoms with van der Waals surface area (Å²) in [7, 11) is -3.50. The molecule has 2 aromatic carbocycles. The number of benzene rings is 2. The van der Waals surface area contributed by atoms with E-state index in [1.807, 2.05) is 13.0 Å². The Morgan fingerprint density at radius 2 is 1.87 bits per heavy atom. The maximum atomic E-state index is 12.4. The number of halogens is 2. The lowest BCUT2D eigenvalue weighted by Crippen LogP contribution is -2.23. The molecule has 1 aliphatic rings. The first-order valence-corrected chi connectivity index (χ1v) is 9.30. The summed E-state index contributed by atoms with van der Waals surface area (Å²) in [5.74, 6) is 0. The first-order valence-electron chi connectivity index (χ1n) is 7.03. The van der Waals surface area contributed by atoms with Crippen LogP contribution < -0.4 is 10.0 Å². The third-order valence-corrected chi connectivity index (χ3v) is 6.10. The molecule has 23 heavy (non-hydrogen) atoms. The van der Waals surface area contributed by atoms with Crippen molar-refractivity contribution in [1.82, 2.24) is 10.0 Å². The van der Waals surface area contributed by atoms with Gasteiger partial charge in [0.25, 0.3) is 0 Å². The van der Waals surface area contributed by atoms with Gasteiger partial charge in [-0.25, -0.2) is 13.1 Å². The summed E-state index contributed by atoms with van der Waals surface area (Å²) in [6.45, 7) is 3.91. The van der Waals surface area contributed by atoms with Gasteiger partial charge in [0.15, 0.2) is 0 Å². The fourth-order valence-electron chi connectivity index (χ4n) is 2.50. The van der Waals surface area contributed by atoms with Crippen LogP contribution in [-0.4, -0.2) is 8.42 Å². The summed E-state index contributed by atoms with van der Waals surface area (Å²) < 4.78 is 28.3. The van der Waals surface area contributed by atoms with Gasteiger partial charge in [-0.05, 0) is 47.4 Å². The molecule has 0 aromatic heterocycles. The zero-order valence-corrected chi connectivity index (χ0v) is 15.8. The molecule has 0 saturated heterocycles. The molecule has 2 N–H and O–H groups in total. The Bertz CT molecular complexity index is 825. The highest BCUT2D eigenvalue weighted by Crippen LogP contribution is 2.21. The molecule has 3 rings (SSSR count). The summed E-state index contributed by atoms with van der Waals surface area (Å²) >= 11 is 3.38. The molecule has 2 aromatic rings. The Morgan fingerprint density at radius 1 is 1.13 bits per heavy atom. The lowest BCUT2D eigenvalue weighted by atomic mass is 10.1. The molecule has 0 aliphatic carbocycles. The Hall–Kier alpha value is -0.920. The van der Waals surface area contributed by atoms with Crippen LogP contribution in [0, 0.1) is 6.92 Å². The number of rotatable bonds is 4. The number of hydrogen-bond acceptors (Lipinski definition) is 3. The first kappa shape index (κ1) is 18.4. The molecular weight excluding hydrogens is 400 g/mol. The minimum absolute atomic E-state index is 0. The lowest BCUT2D eigenvalue weighted by Gasteiger charge is -2.09. The molecule has 7 heteroatoms. The Balaban J connectivity index is 0.00000192. The van der Waals surface area contributed by atoms with Crippen molar-refractivity contribution in [2.24, 2.45) is 0 Å². The van der Waals surface area contributed by atoms with E-state index in [4.69, 9.17) is 0 Å². The van der Waals surface area contributed by atoms with Crippen molar-refractivity contribution in [2.45, 2.75) is 31.5 Å². The van der Waals surface area contributed by atoms with Gasteiger partial charge in [0, 0.05) is 24.1 Å². The third-order valence-electron chi connectivity index (χ3n) is 3.81. The molecule has 124 valence electrons. The van der Waals surface area contributed by atoms with Crippen LogP contribution in [0.5, 0.6) is 0 Å². The second-order valence-corrected chi connectivity index (χ2v) is 8.06. The minimum Gasteiger partial charge on any atom is -0.309 e. The number of sulfonamides is 1. The van der Waals surface area contributed by atoms with Crippen LogP contribution >= 0.6 is 28.3 Å². The van der Waals surface area contributed by atoms with Gasteiger partial charge in [0.1, 0.15) is 0 Å². The van der Waals surface area contributed by atoms with Crippen LogP contribution in [0.4, 0.5) is 0 Å². The third kappa shape index (κ3) is 4.14. The number of nitrogens with one attached hydrogen (secondary N) is 2. The summed E-state index contributed by atoms with van der Waals surface area (Å²) in [6.07, 6.45) is 0. The molecule has 1 aliphatic heterocycles. The predicted molar refractivity (Wildman–Crippen MR) is 97.1 cm³/mol. The zero-order valence-electron chi connectivity index (χ0n) is 12.6. The summed E-state index contributed by atoms with van der Waals surface area (Å²) in [5.41, 5.74) is 4.40. The van der Waals surface area contributed by atoms with Gasteiger partial charge >= 0.3 is 0 Å². The van der Waals surface area contributed by atoms with Crippen molar-refractivity contribution in [3.63, 3.8) is 0 Å². The van der Waals surface area contributed by atoms with Crippen LogP contribution in [0.2, 0.25) is 0 Å². The largest absolute Gasteiger partial charge is 0.309 e. The van der Waals surface area contributed by atoms with Gasteiger partial charge in [0.2, 0.25) is 10.0 Å². The second-order valence-electron chi connectivity index (χ2n) is 5.44. The maximum absolute atomic E-state index is 12.4. The molecule has 0 fully saturated rings. The maximum Gasteiger partial charge on any atom is 0.240 e. The standard InChI is InChI=1S/C16H17BrN2O2S.ClH/c1-11-6-15(4-5-16(11)17)22(20,21)19-8-12-2-3-13-9-18-10-14(13)7-12;/h2-7,18-19H,8-10H2,1H3;1H. The number of aryl methyl sites for hydroxylation is 1. The van der Waals surface area contributed by atoms with E-state index in [1.165, 1.54) is 11.1 Å². The second kappa shape index (κ2) is 7.32. The van der Waals surface area contributed by atoms with Crippen molar-refractivity contribution in [1.29, 1.82) is 0 Å². The van der Waals surface area contributed by atoms with Gasteiger partial charge in [-0.15, -0.1) is 12.4 Å². The molecule has 0 saturated carbocycles. The fourth-order valence-corrected chi connectivity index (χ4v) is 3.85. The van der Waals surface area contributed by atoms with E-state index in [2.05, 4.69) is 38.1 Å². The highest BCUT2D eigenvalue weighted by molar-refractivity contribution is 9.10. The van der Waals surface area contributed by atoms with Crippen LogP contribution in [0.3, 0.4) is 0 Å². The topological polar surface area (TPSA) is 58.2 Å². The van der Waals surface area contributed by atoms with E-state index in [9.17, 15) is 8.42 Å². The van der Waals surface area contributed by atoms with Crippen molar-refractivity contribution in [2.75, 3.05) is 0 Å². The molecular formula is C16H18BrClN2O2S. The van der Waals surface area contributed by atoms with Crippen molar-refractivity contribution >= 4 is 38.4 Å². The normalized spacial score (nSPS) is 13.5. The van der Waals surface area contributed by atoms with Crippen LogP contribution in [0.25, 0.3) is 0 Å². The molecule has 0 atom stereocenters. The molecule has 1 heterocycles. The van der Waals surface area contributed by atoms with Gasteiger partial charge in [-0.2, -0.15) is 0 Å². The summed E-state index contributed by atoms with van der Waals surface area (Å²) in [6, 6.07) is 11.1. The van der Waals surface area contributed by atoms with Gasteiger partial charge in [-0.3, -0.25) is 0 Å². The quantitative estimate of drug-likeness (QED) is 0.803. The predicted octanol–water partition coefficient (Wildman–Crippen LogP) is 3.26. The number of hydrogen-bond donors (Lipinski definition) is 2. The molecule has 0 amide bonds. The summed E-state index contributed by atoms with van der Waals surface area (Å²) in [5, 5.41) is 3.28. The SMILES string of the molecule is Cc1cc(S(=O)(=O)NCc2ccc3c(c2)CNC3)ccc1Br.Cl. The van der Waals surface area contributed by atoms with E-state index in [1.54, 1.807) is 18.2 Å². The van der Waals surface area contributed by atoms with Gasteiger partial charge in [0.05, 0.1) is 4.90 Å². The average molecular weight is 418 g/mol. The molecule has 4 nitrogen and oxygen atoms in total. The van der Waals surface area contributed by atoms with E-state index in [0.717, 1.165) is 28.7 Å². The van der Waals surface area contributed by atoms with E-state index >= 15 is 0 Å². The van der Waals surface area contributed by atoms with Gasteiger partial charge in [-0.1, -0.05) is 34.1 Å². The molecule has 0 radical (unpaired) electrons. The summed E-state index contributed by atoms with van der Waals surface area (Å²) in [4.78, 5) is 0.288. The van der Waals surface area contributed by atoms with Crippen LogP contribution in [0.1, 0.15) is 22.3 Å². The fraction of sp³-hybridized carbons (Fsp3) is 0.250. The van der Waals surface area contributed by atoms with Crippen LogP contribution in [0.15, 0.2) is 45.8 Å². The average Bonchev–Trinajstić information content (AvgIpc) is 2.95. The van der Waals surface area contributed by atoms with Gasteiger partial charge < -0.3 is 5.32 Å². The van der Waals surface area contributed by atoms with E-state index < -0.39 is 10.0 Å². The van der Waals surface area contributed by atoms with E-state index in [0.29, 0.717) is 6.54 Å². The Kier molecular flexibility index (Phi) is 5.86. The minimum atomic E-state index is -3.50. The molecule has 0 unspecified atom stereocenters. The molecule has 0 bridgehead atoms. The smallest absolute Gasteiger partial charge is 0.240 e. The highest BCUT2D eigenvalue weighted by atomic mass is 79.9. The van der Waals surface area contributed by atoms with Crippen molar-refractivity contribution in [3.8, 4) is 0 Å². The monoisotopic (exact) mass is 416 g/mol. The Labute approximate surface area is 151 Å². The Morgan fingerprint density at radius 3 is 2.61 bits per heavy atom. The highest BCUT2D eigenvalue weighted by Gasteiger charge is 2.15. The van der Waals surface area contributed by atoms with Crippen molar-refractivity contribution in [3.05, 3.63) is 63.1 Å². The zero-order chi connectivity index (χ0) is 15.7. The van der Waals surface area contributed by atoms with E-state index in [-0.39, 0.29) is 17.3 Å². The van der Waals surface area contributed by atoms with Crippen LogP contribution in [-0.2, 0) is 29.7 Å². The lowest BCUT2D eigenvalue weighted by molar-refractivity contribution is 0.581. The first-order chi connectivity index (χ1) is 10.5.